The summed E-state index contributed by atoms with van der Waals surface area (Å²) in [6.45, 7) is 0. The molecule has 3 aromatic heterocycles. The van der Waals surface area contributed by atoms with Crippen LogP contribution in [-0.2, 0) is 0 Å². The highest BCUT2D eigenvalue weighted by molar-refractivity contribution is 5.96. The lowest BCUT2D eigenvalue weighted by atomic mass is 9.86. The minimum atomic E-state index is 0.495. The number of aromatic nitrogens is 5. The van der Waals surface area contributed by atoms with Gasteiger partial charge in [-0.15, -0.1) is 0 Å². The molecule has 5 aromatic carbocycles. The molecule has 0 aliphatic rings. The number of benzene rings is 5. The average Bonchev–Trinajstić information content (AvgIpc) is 3.19. The monoisotopic (exact) mass is 615 g/mol. The van der Waals surface area contributed by atoms with Crippen molar-refractivity contribution in [2.45, 2.75) is 0 Å². The summed E-state index contributed by atoms with van der Waals surface area (Å²) in [5.41, 5.74) is 11.4. The molecular formula is C43H29N5. The Kier molecular flexibility index (Phi) is 7.83. The van der Waals surface area contributed by atoms with Crippen LogP contribution in [0.15, 0.2) is 176 Å². The number of rotatable bonds is 7. The van der Waals surface area contributed by atoms with E-state index in [1.54, 1.807) is 12.4 Å². The van der Waals surface area contributed by atoms with Gasteiger partial charge >= 0.3 is 0 Å². The van der Waals surface area contributed by atoms with Gasteiger partial charge in [0.15, 0.2) is 17.5 Å². The van der Waals surface area contributed by atoms with E-state index in [-0.39, 0.29) is 0 Å². The van der Waals surface area contributed by atoms with Crippen LogP contribution in [-0.4, -0.2) is 24.9 Å². The first-order valence-corrected chi connectivity index (χ1v) is 15.8. The summed E-state index contributed by atoms with van der Waals surface area (Å²) in [4.78, 5) is 23.7. The Morgan fingerprint density at radius 1 is 0.271 bits per heavy atom. The Hall–Kier alpha value is -6.59. The van der Waals surface area contributed by atoms with Crippen LogP contribution in [0.3, 0.4) is 0 Å². The SMILES string of the molecule is c1ccc(-c2ccccc2-c2ccccc2-c2ccc(-c3nc(-c4ccccn4)nc(-c4ccccn4)n3)cc2-c2ccccc2)cc1. The number of nitrogens with zero attached hydrogens (tertiary/aromatic N) is 5. The van der Waals surface area contributed by atoms with E-state index in [1.807, 2.05) is 42.5 Å². The van der Waals surface area contributed by atoms with Crippen LogP contribution in [0.4, 0.5) is 0 Å². The van der Waals surface area contributed by atoms with Crippen molar-refractivity contribution >= 4 is 0 Å². The van der Waals surface area contributed by atoms with E-state index in [2.05, 4.69) is 131 Å². The van der Waals surface area contributed by atoms with Crippen molar-refractivity contribution in [2.24, 2.45) is 0 Å². The summed E-state index contributed by atoms with van der Waals surface area (Å²) >= 11 is 0. The quantitative estimate of drug-likeness (QED) is 0.178. The molecule has 0 fully saturated rings. The first-order chi connectivity index (χ1) is 23.8. The van der Waals surface area contributed by atoms with Crippen molar-refractivity contribution < 1.29 is 0 Å². The van der Waals surface area contributed by atoms with Gasteiger partial charge in [0.05, 0.1) is 0 Å². The fourth-order valence-electron chi connectivity index (χ4n) is 6.04. The summed E-state index contributed by atoms with van der Waals surface area (Å²) < 4.78 is 0. The molecule has 0 amide bonds. The molecule has 0 saturated carbocycles. The van der Waals surface area contributed by atoms with Crippen LogP contribution in [0, 0.1) is 0 Å². The number of pyridine rings is 2. The predicted octanol–water partition coefficient (Wildman–Crippen LogP) is 10.3. The topological polar surface area (TPSA) is 64.5 Å². The first kappa shape index (κ1) is 28.9. The second-order valence-electron chi connectivity index (χ2n) is 11.3. The van der Waals surface area contributed by atoms with E-state index in [0.29, 0.717) is 28.9 Å². The normalized spacial score (nSPS) is 10.9. The zero-order valence-corrected chi connectivity index (χ0v) is 26.0. The average molecular weight is 616 g/mol. The lowest BCUT2D eigenvalue weighted by Crippen LogP contribution is -2.02. The molecule has 0 bridgehead atoms. The maximum atomic E-state index is 4.93. The summed E-state index contributed by atoms with van der Waals surface area (Å²) in [6.07, 6.45) is 3.49. The highest BCUT2D eigenvalue weighted by atomic mass is 15.1. The fourth-order valence-corrected chi connectivity index (χ4v) is 6.04. The fraction of sp³-hybridized carbons (Fsp3) is 0. The molecule has 0 saturated heterocycles. The molecule has 5 heteroatoms. The molecule has 0 spiro atoms. The summed E-state index contributed by atoms with van der Waals surface area (Å²) in [6, 6.07) is 56.2. The molecule has 0 unspecified atom stereocenters. The maximum absolute atomic E-state index is 4.93. The third-order valence-electron chi connectivity index (χ3n) is 8.31. The predicted molar refractivity (Wildman–Crippen MR) is 193 cm³/mol. The molecular weight excluding hydrogens is 587 g/mol. The van der Waals surface area contributed by atoms with E-state index in [4.69, 9.17) is 15.0 Å². The van der Waals surface area contributed by atoms with Crippen molar-refractivity contribution in [1.82, 2.24) is 24.9 Å². The van der Waals surface area contributed by atoms with Gasteiger partial charge in [0.1, 0.15) is 11.4 Å². The Morgan fingerprint density at radius 3 is 1.21 bits per heavy atom. The highest BCUT2D eigenvalue weighted by Gasteiger charge is 2.18. The largest absolute Gasteiger partial charge is 0.253 e. The van der Waals surface area contributed by atoms with Crippen molar-refractivity contribution in [2.75, 3.05) is 0 Å². The Balaban J connectivity index is 1.32. The van der Waals surface area contributed by atoms with Gasteiger partial charge in [-0.3, -0.25) is 9.97 Å². The Bertz CT molecular complexity index is 2270. The molecule has 226 valence electrons. The molecule has 0 radical (unpaired) electrons. The standard InChI is InChI=1S/C43H29N5/c1-3-15-30(16-4-1)33-19-7-8-20-34(33)35-21-9-10-22-36(35)37-26-25-32(29-38(37)31-17-5-2-6-18-31)41-46-42(39-23-11-13-27-44-39)48-43(47-41)40-24-12-14-28-45-40/h1-29H. The van der Waals surface area contributed by atoms with E-state index in [0.717, 1.165) is 33.4 Å². The smallest absolute Gasteiger partial charge is 0.182 e. The molecule has 5 nitrogen and oxygen atoms in total. The number of hydrogen-bond acceptors (Lipinski definition) is 5. The zero-order chi connectivity index (χ0) is 32.1. The van der Waals surface area contributed by atoms with Crippen molar-refractivity contribution in [3.8, 4) is 78.9 Å². The molecule has 0 aliphatic heterocycles. The lowest BCUT2D eigenvalue weighted by Gasteiger charge is -2.18. The van der Waals surface area contributed by atoms with Gasteiger partial charge in [0, 0.05) is 18.0 Å². The Morgan fingerprint density at radius 2 is 0.688 bits per heavy atom. The van der Waals surface area contributed by atoms with E-state index < -0.39 is 0 Å². The summed E-state index contributed by atoms with van der Waals surface area (Å²) in [5, 5.41) is 0. The van der Waals surface area contributed by atoms with Gasteiger partial charge in [-0.2, -0.15) is 0 Å². The Labute approximate surface area is 279 Å². The van der Waals surface area contributed by atoms with Gasteiger partial charge < -0.3 is 0 Å². The third kappa shape index (κ3) is 5.77. The van der Waals surface area contributed by atoms with Crippen LogP contribution in [0.5, 0.6) is 0 Å². The van der Waals surface area contributed by atoms with Crippen molar-refractivity contribution in [1.29, 1.82) is 0 Å². The maximum Gasteiger partial charge on any atom is 0.182 e. The molecule has 0 aliphatic carbocycles. The molecule has 8 aromatic rings. The minimum Gasteiger partial charge on any atom is -0.253 e. The highest BCUT2D eigenvalue weighted by Crippen LogP contribution is 2.42. The van der Waals surface area contributed by atoms with Crippen LogP contribution < -0.4 is 0 Å². The zero-order valence-electron chi connectivity index (χ0n) is 26.0. The second kappa shape index (κ2) is 13.0. The second-order valence-corrected chi connectivity index (χ2v) is 11.3. The van der Waals surface area contributed by atoms with Gasteiger partial charge in [-0.25, -0.2) is 15.0 Å². The van der Waals surface area contributed by atoms with Crippen LogP contribution in [0.25, 0.3) is 78.9 Å². The van der Waals surface area contributed by atoms with Crippen LogP contribution >= 0.6 is 0 Å². The van der Waals surface area contributed by atoms with E-state index in [9.17, 15) is 0 Å². The summed E-state index contributed by atoms with van der Waals surface area (Å²) in [7, 11) is 0. The molecule has 0 N–H and O–H groups in total. The van der Waals surface area contributed by atoms with Gasteiger partial charge in [0.2, 0.25) is 0 Å². The van der Waals surface area contributed by atoms with Gasteiger partial charge in [0.25, 0.3) is 0 Å². The first-order valence-electron chi connectivity index (χ1n) is 15.8. The molecule has 48 heavy (non-hydrogen) atoms. The molecule has 8 rings (SSSR count). The van der Waals surface area contributed by atoms with Crippen LogP contribution in [0.2, 0.25) is 0 Å². The van der Waals surface area contributed by atoms with Crippen LogP contribution in [0.1, 0.15) is 0 Å². The van der Waals surface area contributed by atoms with Crippen molar-refractivity contribution in [3.63, 3.8) is 0 Å². The number of hydrogen-bond donors (Lipinski definition) is 0. The van der Waals surface area contributed by atoms with E-state index in [1.165, 1.54) is 16.7 Å². The minimum absolute atomic E-state index is 0.495. The summed E-state index contributed by atoms with van der Waals surface area (Å²) in [5.74, 6) is 1.54. The van der Waals surface area contributed by atoms with E-state index >= 15 is 0 Å². The third-order valence-corrected chi connectivity index (χ3v) is 8.31. The van der Waals surface area contributed by atoms with Crippen molar-refractivity contribution in [3.05, 3.63) is 176 Å². The molecule has 0 atom stereocenters. The van der Waals surface area contributed by atoms with Gasteiger partial charge in [-0.1, -0.05) is 133 Å². The van der Waals surface area contributed by atoms with Gasteiger partial charge in [-0.05, 0) is 74.8 Å². The lowest BCUT2D eigenvalue weighted by molar-refractivity contribution is 1.05. The molecule has 3 heterocycles.